The van der Waals surface area contributed by atoms with Crippen LogP contribution < -0.4 is 9.64 Å². The van der Waals surface area contributed by atoms with Gasteiger partial charge in [0.2, 0.25) is 0 Å². The summed E-state index contributed by atoms with van der Waals surface area (Å²) in [5.41, 5.74) is 1.25. The van der Waals surface area contributed by atoms with Crippen LogP contribution in [0.1, 0.15) is 17.2 Å². The Morgan fingerprint density at radius 1 is 1.10 bits per heavy atom. The summed E-state index contributed by atoms with van der Waals surface area (Å²) in [5, 5.41) is 11.5. The predicted molar refractivity (Wildman–Crippen MR) is 111 cm³/mol. The van der Waals surface area contributed by atoms with Gasteiger partial charge < -0.3 is 19.6 Å². The van der Waals surface area contributed by atoms with E-state index in [2.05, 4.69) is 0 Å². The van der Waals surface area contributed by atoms with E-state index in [1.165, 1.54) is 4.90 Å². The summed E-state index contributed by atoms with van der Waals surface area (Å²) in [6, 6.07) is 13.0. The molecule has 0 aliphatic carbocycles. The maximum absolute atomic E-state index is 12.9. The van der Waals surface area contributed by atoms with Gasteiger partial charge in [-0.1, -0.05) is 23.7 Å². The van der Waals surface area contributed by atoms with Crippen LogP contribution in [0.15, 0.2) is 54.1 Å². The van der Waals surface area contributed by atoms with Crippen molar-refractivity contribution < 1.29 is 24.3 Å². The summed E-state index contributed by atoms with van der Waals surface area (Å²) in [4.78, 5) is 28.4. The van der Waals surface area contributed by atoms with E-state index in [1.54, 1.807) is 55.6 Å². The number of aliphatic hydroxyl groups excluding tert-OH is 1. The third kappa shape index (κ3) is 4.28. The fourth-order valence-electron chi connectivity index (χ4n) is 3.35. The van der Waals surface area contributed by atoms with Crippen molar-refractivity contribution in [2.45, 2.75) is 6.04 Å². The zero-order chi connectivity index (χ0) is 21.1. The number of quaternary nitrogens is 1. The molecule has 1 heterocycles. The topological polar surface area (TPSA) is 71.3 Å². The molecule has 2 aromatic rings. The molecule has 1 atom stereocenters. The normalized spacial score (nSPS) is 18.5. The molecule has 0 bridgehead atoms. The summed E-state index contributed by atoms with van der Waals surface area (Å²) >= 11 is 5.93. The quantitative estimate of drug-likeness (QED) is 0.429. The molecule has 29 heavy (non-hydrogen) atoms. The summed E-state index contributed by atoms with van der Waals surface area (Å²) in [7, 11) is 5.53. The lowest BCUT2D eigenvalue weighted by Gasteiger charge is -2.25. The number of hydrogen-bond acceptors (Lipinski definition) is 4. The van der Waals surface area contributed by atoms with Gasteiger partial charge in [0.15, 0.2) is 0 Å². The average Bonchev–Trinajstić information content (AvgIpc) is 2.97. The molecular formula is C22H24ClN2O4+. The van der Waals surface area contributed by atoms with Crippen molar-refractivity contribution in [1.82, 2.24) is 4.90 Å². The summed E-state index contributed by atoms with van der Waals surface area (Å²) in [5.74, 6) is -0.837. The first-order chi connectivity index (χ1) is 13.8. The first kappa shape index (κ1) is 20.9. The predicted octanol–water partition coefficient (Wildman–Crippen LogP) is 1.91. The number of rotatable bonds is 6. The minimum Gasteiger partial charge on any atom is -0.507 e. The van der Waals surface area contributed by atoms with Crippen LogP contribution >= 0.6 is 11.6 Å². The van der Waals surface area contributed by atoms with Gasteiger partial charge in [-0.3, -0.25) is 9.59 Å². The van der Waals surface area contributed by atoms with Crippen molar-refractivity contribution in [2.24, 2.45) is 0 Å². The molecule has 0 saturated carbocycles. The van der Waals surface area contributed by atoms with Gasteiger partial charge in [-0.2, -0.15) is 0 Å². The van der Waals surface area contributed by atoms with Crippen LogP contribution in [-0.4, -0.2) is 56.0 Å². The molecule has 6 nitrogen and oxygen atoms in total. The Labute approximate surface area is 174 Å². The van der Waals surface area contributed by atoms with Gasteiger partial charge in [0.25, 0.3) is 11.7 Å². The largest absolute Gasteiger partial charge is 0.507 e. The molecule has 1 saturated heterocycles. The lowest BCUT2D eigenvalue weighted by atomic mass is 9.95. The first-order valence-corrected chi connectivity index (χ1v) is 9.68. The number of likely N-dealkylation sites (tertiary alicyclic amines) is 1. The Hall–Kier alpha value is -2.83. The van der Waals surface area contributed by atoms with Crippen molar-refractivity contribution in [3.8, 4) is 5.75 Å². The summed E-state index contributed by atoms with van der Waals surface area (Å²) < 4.78 is 5.21. The van der Waals surface area contributed by atoms with Crippen molar-refractivity contribution in [3.63, 3.8) is 0 Å². The zero-order valence-electron chi connectivity index (χ0n) is 16.6. The highest BCUT2D eigenvalue weighted by Gasteiger charge is 2.46. The van der Waals surface area contributed by atoms with Gasteiger partial charge in [-0.15, -0.1) is 0 Å². The number of ether oxygens (including phenoxy) is 1. The molecule has 2 N–H and O–H groups in total. The molecule has 1 amide bonds. The van der Waals surface area contributed by atoms with Crippen LogP contribution in [-0.2, 0) is 9.59 Å². The van der Waals surface area contributed by atoms with Crippen molar-refractivity contribution in [3.05, 3.63) is 70.3 Å². The lowest BCUT2D eigenvalue weighted by Crippen LogP contribution is -3.06. The van der Waals surface area contributed by atoms with E-state index in [-0.39, 0.29) is 11.3 Å². The Kier molecular flexibility index (Phi) is 6.25. The Morgan fingerprint density at radius 3 is 2.28 bits per heavy atom. The highest BCUT2D eigenvalue weighted by molar-refractivity contribution is 6.46. The Morgan fingerprint density at radius 2 is 1.72 bits per heavy atom. The number of halogens is 1. The fourth-order valence-corrected chi connectivity index (χ4v) is 3.48. The van der Waals surface area contributed by atoms with Crippen molar-refractivity contribution in [2.75, 3.05) is 34.3 Å². The number of hydrogen-bond donors (Lipinski definition) is 2. The van der Waals surface area contributed by atoms with Crippen molar-refractivity contribution >= 4 is 29.1 Å². The second-order valence-corrected chi connectivity index (χ2v) is 7.67. The molecular weight excluding hydrogens is 392 g/mol. The molecule has 2 aromatic carbocycles. The van der Waals surface area contributed by atoms with E-state index in [0.717, 1.165) is 10.5 Å². The molecule has 0 spiro atoms. The van der Waals surface area contributed by atoms with Gasteiger partial charge in [0.1, 0.15) is 11.5 Å². The van der Waals surface area contributed by atoms with E-state index < -0.39 is 17.7 Å². The number of aliphatic hydroxyl groups is 1. The Balaban J connectivity index is 2.12. The fraction of sp³-hybridized carbons (Fsp3) is 0.273. The number of carbonyl (C=O) groups is 2. The number of benzene rings is 2. The lowest BCUT2D eigenvalue weighted by molar-refractivity contribution is -0.857. The Bertz CT molecular complexity index is 936. The number of nitrogens with one attached hydrogen (secondary N) is 1. The number of carbonyl (C=O) groups excluding carboxylic acids is 2. The standard InChI is InChI=1S/C22H23ClN2O4/c1-24(2)12-13-25-19(14-6-10-17(29-3)11-7-14)18(21(27)22(25)28)20(26)15-4-8-16(23)9-5-15/h4-11,19,26H,12-13H2,1-3H3/p+1. The van der Waals surface area contributed by atoms with Gasteiger partial charge in [-0.25, -0.2) is 0 Å². The second-order valence-electron chi connectivity index (χ2n) is 7.23. The molecule has 7 heteroatoms. The third-order valence-corrected chi connectivity index (χ3v) is 5.19. The number of nitrogens with zero attached hydrogens (tertiary/aromatic N) is 1. The average molecular weight is 416 g/mol. The molecule has 1 fully saturated rings. The second kappa shape index (κ2) is 8.68. The molecule has 1 aliphatic rings. The third-order valence-electron chi connectivity index (χ3n) is 4.94. The van der Waals surface area contributed by atoms with Gasteiger partial charge in [-0.05, 0) is 42.0 Å². The van der Waals surface area contributed by atoms with E-state index in [0.29, 0.717) is 29.4 Å². The van der Waals surface area contributed by atoms with Gasteiger partial charge in [0.05, 0.1) is 45.9 Å². The van der Waals surface area contributed by atoms with Crippen LogP contribution in [0.4, 0.5) is 0 Å². The molecule has 0 aromatic heterocycles. The van der Waals surface area contributed by atoms with E-state index >= 15 is 0 Å². The molecule has 1 aliphatic heterocycles. The summed E-state index contributed by atoms with van der Waals surface area (Å²) in [6.07, 6.45) is 0. The highest BCUT2D eigenvalue weighted by Crippen LogP contribution is 2.39. The first-order valence-electron chi connectivity index (χ1n) is 9.30. The molecule has 0 radical (unpaired) electrons. The molecule has 3 rings (SSSR count). The van der Waals surface area contributed by atoms with E-state index in [1.807, 2.05) is 14.1 Å². The maximum atomic E-state index is 12.9. The molecule has 152 valence electrons. The van der Waals surface area contributed by atoms with Crippen molar-refractivity contribution in [1.29, 1.82) is 0 Å². The van der Waals surface area contributed by atoms with Crippen LogP contribution in [0.5, 0.6) is 5.75 Å². The maximum Gasteiger partial charge on any atom is 0.295 e. The van der Waals surface area contributed by atoms with Crippen LogP contribution in [0.2, 0.25) is 5.02 Å². The number of amides is 1. The number of ketones is 1. The smallest absolute Gasteiger partial charge is 0.295 e. The SMILES string of the molecule is COc1ccc(C2C(=C(O)c3ccc(Cl)cc3)C(=O)C(=O)N2CC[NH+](C)C)cc1. The van der Waals surface area contributed by atoms with Gasteiger partial charge >= 0.3 is 0 Å². The minimum absolute atomic E-state index is 0.0799. The van der Waals surface area contributed by atoms with Crippen LogP contribution in [0.3, 0.4) is 0 Å². The van der Waals surface area contributed by atoms with E-state index in [4.69, 9.17) is 16.3 Å². The van der Waals surface area contributed by atoms with E-state index in [9.17, 15) is 14.7 Å². The minimum atomic E-state index is -0.688. The highest BCUT2D eigenvalue weighted by atomic mass is 35.5. The number of likely N-dealkylation sites (N-methyl/N-ethyl adjacent to an activating group) is 1. The van der Waals surface area contributed by atoms with Crippen LogP contribution in [0.25, 0.3) is 5.76 Å². The van der Waals surface area contributed by atoms with Crippen LogP contribution in [0, 0.1) is 0 Å². The van der Waals surface area contributed by atoms with Gasteiger partial charge in [0, 0.05) is 10.6 Å². The summed E-state index contributed by atoms with van der Waals surface area (Å²) in [6.45, 7) is 1.06. The monoisotopic (exact) mass is 415 g/mol. The molecule has 1 unspecified atom stereocenters. The number of methoxy groups -OCH3 is 1. The number of Topliss-reactive ketones (excluding diaryl/α,β-unsaturated/α-hetero) is 1. The zero-order valence-corrected chi connectivity index (χ0v) is 17.4.